The number of tetrazole rings is 1. The van der Waals surface area contributed by atoms with Crippen LogP contribution in [0.5, 0.6) is 5.75 Å². The zero-order valence-electron chi connectivity index (χ0n) is 10.2. The van der Waals surface area contributed by atoms with Crippen molar-refractivity contribution < 1.29 is 4.74 Å². The fourth-order valence-electron chi connectivity index (χ4n) is 1.39. The number of benzene rings is 1. The monoisotopic (exact) mass is 299 g/mol. The van der Waals surface area contributed by atoms with E-state index in [-0.39, 0.29) is 0 Å². The summed E-state index contributed by atoms with van der Waals surface area (Å²) in [5.41, 5.74) is 5.47. The maximum atomic E-state index is 5.79. The molecule has 0 aliphatic rings. The van der Waals surface area contributed by atoms with Gasteiger partial charge in [-0.15, -0.1) is 5.10 Å². The number of ether oxygens (including phenoxy) is 1. The molecule has 0 saturated carbocycles. The lowest BCUT2D eigenvalue weighted by Gasteiger charge is -2.06. The van der Waals surface area contributed by atoms with Gasteiger partial charge >= 0.3 is 0 Å². The van der Waals surface area contributed by atoms with Crippen molar-refractivity contribution in [3.63, 3.8) is 0 Å². The summed E-state index contributed by atoms with van der Waals surface area (Å²) in [5.74, 6) is 1.56. The average Bonchev–Trinajstić information content (AvgIpc) is 2.85. The minimum absolute atomic E-state index is 0.514. The highest BCUT2D eigenvalue weighted by atomic mass is 35.5. The van der Waals surface area contributed by atoms with Gasteiger partial charge in [0.2, 0.25) is 5.16 Å². The molecule has 2 rings (SSSR count). The van der Waals surface area contributed by atoms with Crippen LogP contribution in [0.25, 0.3) is 0 Å². The van der Waals surface area contributed by atoms with Gasteiger partial charge in [0, 0.05) is 17.3 Å². The van der Waals surface area contributed by atoms with Crippen molar-refractivity contribution in [2.24, 2.45) is 5.73 Å². The predicted molar refractivity (Wildman–Crippen MR) is 74.5 cm³/mol. The summed E-state index contributed by atoms with van der Waals surface area (Å²) in [5, 5.41) is 12.8. The molecular weight excluding hydrogens is 286 g/mol. The lowest BCUT2D eigenvalue weighted by atomic mass is 10.3. The lowest BCUT2D eigenvalue weighted by Crippen LogP contribution is -2.12. The molecule has 1 heterocycles. The summed E-state index contributed by atoms with van der Waals surface area (Å²) in [6.07, 6.45) is 0. The Labute approximate surface area is 120 Å². The van der Waals surface area contributed by atoms with Gasteiger partial charge in [0.25, 0.3) is 0 Å². The average molecular weight is 300 g/mol. The lowest BCUT2D eigenvalue weighted by molar-refractivity contribution is 0.344. The summed E-state index contributed by atoms with van der Waals surface area (Å²) in [7, 11) is 0. The zero-order chi connectivity index (χ0) is 13.5. The Bertz CT molecular complexity index is 504. The highest BCUT2D eigenvalue weighted by Crippen LogP contribution is 2.17. The molecule has 1 aromatic carbocycles. The molecule has 0 amide bonds. The number of rotatable bonds is 7. The maximum absolute atomic E-state index is 5.79. The molecule has 102 valence electrons. The Hall–Kier alpha value is -1.31. The largest absolute Gasteiger partial charge is 0.493 e. The number of nitrogens with two attached hydrogens (primary N) is 1. The second-order valence-electron chi connectivity index (χ2n) is 3.62. The Kier molecular flexibility index (Phi) is 5.44. The van der Waals surface area contributed by atoms with E-state index in [4.69, 9.17) is 22.1 Å². The van der Waals surface area contributed by atoms with E-state index in [1.165, 1.54) is 11.8 Å². The molecule has 1 aromatic heterocycles. The first-order chi connectivity index (χ1) is 9.29. The van der Waals surface area contributed by atoms with Gasteiger partial charge in [0.1, 0.15) is 5.75 Å². The molecule has 2 aromatic rings. The third-order valence-electron chi connectivity index (χ3n) is 2.24. The fraction of sp³-hybridized carbons (Fsp3) is 0.364. The Morgan fingerprint density at radius 2 is 2.11 bits per heavy atom. The van der Waals surface area contributed by atoms with E-state index >= 15 is 0 Å². The first-order valence-corrected chi connectivity index (χ1v) is 7.13. The van der Waals surface area contributed by atoms with Crippen LogP contribution in [0.3, 0.4) is 0 Å². The molecule has 0 saturated heterocycles. The Balaban J connectivity index is 1.74. The molecule has 0 bridgehead atoms. The fourth-order valence-corrected chi connectivity index (χ4v) is 2.23. The van der Waals surface area contributed by atoms with Gasteiger partial charge in [0.05, 0.1) is 13.2 Å². The third-order valence-corrected chi connectivity index (χ3v) is 3.41. The minimum atomic E-state index is 0.514. The summed E-state index contributed by atoms with van der Waals surface area (Å²) in [6, 6.07) is 7.27. The number of hydrogen-bond acceptors (Lipinski definition) is 6. The van der Waals surface area contributed by atoms with Crippen LogP contribution in [-0.2, 0) is 6.54 Å². The van der Waals surface area contributed by atoms with Crippen molar-refractivity contribution in [3.05, 3.63) is 29.3 Å². The SMILES string of the molecule is NCCn1nnnc1SCCOc1ccc(Cl)cc1. The zero-order valence-corrected chi connectivity index (χ0v) is 11.8. The van der Waals surface area contributed by atoms with Crippen LogP contribution >= 0.6 is 23.4 Å². The van der Waals surface area contributed by atoms with Crippen LogP contribution in [-0.4, -0.2) is 39.1 Å². The van der Waals surface area contributed by atoms with Crippen LogP contribution in [0.4, 0.5) is 0 Å². The highest BCUT2D eigenvalue weighted by Gasteiger charge is 2.05. The van der Waals surface area contributed by atoms with E-state index in [2.05, 4.69) is 15.5 Å². The van der Waals surface area contributed by atoms with E-state index in [0.29, 0.717) is 24.7 Å². The molecule has 0 radical (unpaired) electrons. The van der Waals surface area contributed by atoms with Crippen molar-refractivity contribution in [1.29, 1.82) is 0 Å². The first-order valence-electron chi connectivity index (χ1n) is 5.77. The quantitative estimate of drug-likeness (QED) is 0.616. The van der Waals surface area contributed by atoms with Gasteiger partial charge in [-0.2, -0.15) is 0 Å². The molecule has 6 nitrogen and oxygen atoms in total. The van der Waals surface area contributed by atoms with E-state index < -0.39 is 0 Å². The molecule has 2 N–H and O–H groups in total. The van der Waals surface area contributed by atoms with Crippen LogP contribution < -0.4 is 10.5 Å². The molecule has 0 aliphatic heterocycles. The van der Waals surface area contributed by atoms with E-state index in [1.54, 1.807) is 16.8 Å². The number of halogens is 1. The van der Waals surface area contributed by atoms with Crippen molar-refractivity contribution in [3.8, 4) is 5.75 Å². The van der Waals surface area contributed by atoms with Crippen molar-refractivity contribution in [2.75, 3.05) is 18.9 Å². The van der Waals surface area contributed by atoms with Crippen LogP contribution in [0, 0.1) is 0 Å². The van der Waals surface area contributed by atoms with E-state index in [9.17, 15) is 0 Å². The van der Waals surface area contributed by atoms with Gasteiger partial charge in [0.15, 0.2) is 0 Å². The smallest absolute Gasteiger partial charge is 0.209 e. The van der Waals surface area contributed by atoms with Crippen LogP contribution in [0.1, 0.15) is 0 Å². The summed E-state index contributed by atoms with van der Waals surface area (Å²) >= 11 is 7.33. The second kappa shape index (κ2) is 7.32. The normalized spacial score (nSPS) is 10.6. The highest BCUT2D eigenvalue weighted by molar-refractivity contribution is 7.99. The molecule has 19 heavy (non-hydrogen) atoms. The van der Waals surface area contributed by atoms with Crippen LogP contribution in [0.15, 0.2) is 29.4 Å². The minimum Gasteiger partial charge on any atom is -0.493 e. The van der Waals surface area contributed by atoms with E-state index in [1.807, 2.05) is 12.1 Å². The molecule has 0 aliphatic carbocycles. The van der Waals surface area contributed by atoms with E-state index in [0.717, 1.165) is 16.7 Å². The number of hydrogen-bond donors (Lipinski definition) is 1. The molecule has 0 unspecified atom stereocenters. The molecule has 0 fully saturated rings. The Morgan fingerprint density at radius 1 is 1.32 bits per heavy atom. The van der Waals surface area contributed by atoms with Gasteiger partial charge in [-0.25, -0.2) is 4.68 Å². The van der Waals surface area contributed by atoms with Crippen molar-refractivity contribution in [1.82, 2.24) is 20.2 Å². The molecule has 0 atom stereocenters. The van der Waals surface area contributed by atoms with Gasteiger partial charge in [-0.3, -0.25) is 0 Å². The van der Waals surface area contributed by atoms with Gasteiger partial charge in [-0.1, -0.05) is 23.4 Å². The third kappa shape index (κ3) is 4.38. The summed E-state index contributed by atoms with van der Waals surface area (Å²) < 4.78 is 7.26. The van der Waals surface area contributed by atoms with Gasteiger partial charge in [-0.05, 0) is 34.7 Å². The predicted octanol–water partition coefficient (Wildman–Crippen LogP) is 1.46. The number of thioether (sulfide) groups is 1. The topological polar surface area (TPSA) is 78.9 Å². The molecular formula is C11H14ClN5OS. The summed E-state index contributed by atoms with van der Waals surface area (Å²) in [6.45, 7) is 1.70. The maximum Gasteiger partial charge on any atom is 0.209 e. The number of aromatic nitrogens is 4. The molecule has 0 spiro atoms. The first kappa shape index (κ1) is 14.1. The molecule has 8 heteroatoms. The number of nitrogens with zero attached hydrogens (tertiary/aromatic N) is 4. The van der Waals surface area contributed by atoms with Crippen molar-refractivity contribution >= 4 is 23.4 Å². The van der Waals surface area contributed by atoms with Crippen LogP contribution in [0.2, 0.25) is 5.02 Å². The Morgan fingerprint density at radius 3 is 2.84 bits per heavy atom. The van der Waals surface area contributed by atoms with Gasteiger partial charge < -0.3 is 10.5 Å². The van der Waals surface area contributed by atoms with Crippen molar-refractivity contribution in [2.45, 2.75) is 11.7 Å². The standard InChI is InChI=1S/C11H14ClN5OS/c12-9-1-3-10(4-2-9)18-7-8-19-11-14-15-16-17(11)6-5-13/h1-4H,5-8,13H2. The second-order valence-corrected chi connectivity index (χ2v) is 5.12. The summed E-state index contributed by atoms with van der Waals surface area (Å²) in [4.78, 5) is 0.